The molecule has 6 heteroatoms. The highest BCUT2D eigenvalue weighted by Crippen LogP contribution is 2.18. The molecule has 5 nitrogen and oxygen atoms in total. The maximum Gasteiger partial charge on any atom is 0.163 e. The highest BCUT2D eigenvalue weighted by Gasteiger charge is 2.04. The third-order valence-electron chi connectivity index (χ3n) is 2.69. The van der Waals surface area contributed by atoms with E-state index in [0.717, 1.165) is 12.0 Å². The quantitative estimate of drug-likeness (QED) is 0.794. The van der Waals surface area contributed by atoms with Gasteiger partial charge in [0.05, 0.1) is 0 Å². The van der Waals surface area contributed by atoms with E-state index in [2.05, 4.69) is 15.3 Å². The van der Waals surface area contributed by atoms with Crippen LogP contribution in [0.2, 0.25) is 0 Å². The number of benzene rings is 1. The molecule has 0 saturated heterocycles. The van der Waals surface area contributed by atoms with E-state index < -0.39 is 10.8 Å². The molecule has 0 aliphatic rings. The Morgan fingerprint density at radius 1 is 1.25 bits per heavy atom. The molecule has 1 aromatic carbocycles. The molecule has 0 radical (unpaired) electrons. The SMILES string of the molecule is CS(=O)CCCNc1cc(N)nc(-c2ccccc2)n1. The van der Waals surface area contributed by atoms with Gasteiger partial charge in [-0.3, -0.25) is 4.21 Å². The summed E-state index contributed by atoms with van der Waals surface area (Å²) in [5, 5.41) is 3.19. The molecule has 20 heavy (non-hydrogen) atoms. The number of nitrogens with zero attached hydrogens (tertiary/aromatic N) is 2. The number of hydrogen-bond donors (Lipinski definition) is 2. The molecular formula is C14H18N4OS. The molecule has 106 valence electrons. The molecule has 0 spiro atoms. The van der Waals surface area contributed by atoms with Crippen molar-refractivity contribution in [2.24, 2.45) is 0 Å². The molecule has 1 atom stereocenters. The average Bonchev–Trinajstić information content (AvgIpc) is 2.44. The van der Waals surface area contributed by atoms with Gasteiger partial charge in [-0.05, 0) is 6.42 Å². The van der Waals surface area contributed by atoms with Crippen LogP contribution in [0.3, 0.4) is 0 Å². The van der Waals surface area contributed by atoms with E-state index in [1.807, 2.05) is 30.3 Å². The summed E-state index contributed by atoms with van der Waals surface area (Å²) in [6, 6.07) is 11.4. The summed E-state index contributed by atoms with van der Waals surface area (Å²) in [6.07, 6.45) is 2.53. The van der Waals surface area contributed by atoms with E-state index in [9.17, 15) is 4.21 Å². The topological polar surface area (TPSA) is 80.9 Å². The van der Waals surface area contributed by atoms with Crippen LogP contribution >= 0.6 is 0 Å². The van der Waals surface area contributed by atoms with Crippen LogP contribution in [0.4, 0.5) is 11.6 Å². The molecule has 0 saturated carbocycles. The van der Waals surface area contributed by atoms with Crippen LogP contribution < -0.4 is 11.1 Å². The van der Waals surface area contributed by atoms with Gasteiger partial charge in [-0.1, -0.05) is 30.3 Å². The Balaban J connectivity index is 2.07. The Bertz CT molecular complexity index is 589. The monoisotopic (exact) mass is 290 g/mol. The minimum absolute atomic E-state index is 0.431. The summed E-state index contributed by atoms with van der Waals surface area (Å²) in [7, 11) is -0.759. The smallest absolute Gasteiger partial charge is 0.163 e. The van der Waals surface area contributed by atoms with Gasteiger partial charge in [0.15, 0.2) is 5.82 Å². The van der Waals surface area contributed by atoms with Gasteiger partial charge in [0.25, 0.3) is 0 Å². The first-order valence-corrected chi connectivity index (χ1v) is 8.12. The third-order valence-corrected chi connectivity index (χ3v) is 3.56. The van der Waals surface area contributed by atoms with Gasteiger partial charge >= 0.3 is 0 Å². The van der Waals surface area contributed by atoms with E-state index >= 15 is 0 Å². The lowest BCUT2D eigenvalue weighted by atomic mass is 10.2. The fraction of sp³-hybridized carbons (Fsp3) is 0.286. The van der Waals surface area contributed by atoms with Crippen LogP contribution in [0.1, 0.15) is 6.42 Å². The fourth-order valence-corrected chi connectivity index (χ4v) is 2.32. The van der Waals surface area contributed by atoms with E-state index in [1.165, 1.54) is 0 Å². The minimum Gasteiger partial charge on any atom is -0.384 e. The average molecular weight is 290 g/mol. The van der Waals surface area contributed by atoms with E-state index in [4.69, 9.17) is 5.73 Å². The molecule has 0 amide bonds. The molecular weight excluding hydrogens is 272 g/mol. The van der Waals surface area contributed by atoms with Crippen molar-refractivity contribution in [2.75, 3.05) is 29.6 Å². The van der Waals surface area contributed by atoms with Crippen molar-refractivity contribution in [3.8, 4) is 11.4 Å². The zero-order valence-electron chi connectivity index (χ0n) is 11.4. The zero-order valence-corrected chi connectivity index (χ0v) is 12.2. The molecule has 2 aromatic rings. The van der Waals surface area contributed by atoms with Crippen LogP contribution in [-0.4, -0.2) is 32.7 Å². The van der Waals surface area contributed by atoms with E-state index in [-0.39, 0.29) is 0 Å². The summed E-state index contributed by atoms with van der Waals surface area (Å²) in [4.78, 5) is 8.68. The molecule has 0 fully saturated rings. The van der Waals surface area contributed by atoms with Gasteiger partial charge in [0.1, 0.15) is 11.6 Å². The number of rotatable bonds is 6. The Hall–Kier alpha value is -1.95. The first-order valence-electron chi connectivity index (χ1n) is 6.39. The minimum atomic E-state index is -0.759. The largest absolute Gasteiger partial charge is 0.384 e. The Kier molecular flexibility index (Phi) is 5.06. The second-order valence-electron chi connectivity index (χ2n) is 4.43. The van der Waals surface area contributed by atoms with Gasteiger partial charge in [-0.2, -0.15) is 0 Å². The molecule has 1 unspecified atom stereocenters. The summed E-state index contributed by atoms with van der Waals surface area (Å²) < 4.78 is 11.0. The molecule has 2 rings (SSSR count). The number of nitrogens with two attached hydrogens (primary N) is 1. The predicted octanol–water partition coefficient (Wildman–Crippen LogP) is 1.91. The molecule has 0 bridgehead atoms. The van der Waals surface area contributed by atoms with Crippen molar-refractivity contribution in [3.05, 3.63) is 36.4 Å². The van der Waals surface area contributed by atoms with E-state index in [0.29, 0.717) is 29.8 Å². The Labute approximate surface area is 121 Å². The lowest BCUT2D eigenvalue weighted by Crippen LogP contribution is -2.08. The summed E-state index contributed by atoms with van der Waals surface area (Å²) >= 11 is 0. The fourth-order valence-electron chi connectivity index (χ4n) is 1.76. The number of nitrogens with one attached hydrogen (secondary N) is 1. The van der Waals surface area contributed by atoms with Gasteiger partial charge < -0.3 is 11.1 Å². The van der Waals surface area contributed by atoms with E-state index in [1.54, 1.807) is 12.3 Å². The van der Waals surface area contributed by atoms with Crippen molar-refractivity contribution < 1.29 is 4.21 Å². The van der Waals surface area contributed by atoms with Crippen molar-refractivity contribution >= 4 is 22.4 Å². The zero-order chi connectivity index (χ0) is 14.4. The lowest BCUT2D eigenvalue weighted by Gasteiger charge is -2.08. The van der Waals surface area contributed by atoms with Crippen molar-refractivity contribution in [1.29, 1.82) is 0 Å². The van der Waals surface area contributed by atoms with Crippen molar-refractivity contribution in [2.45, 2.75) is 6.42 Å². The number of hydrogen-bond acceptors (Lipinski definition) is 5. The highest BCUT2D eigenvalue weighted by atomic mass is 32.2. The molecule has 0 aliphatic carbocycles. The summed E-state index contributed by atoms with van der Waals surface area (Å²) in [5.74, 6) is 2.41. The van der Waals surface area contributed by atoms with Gasteiger partial charge in [-0.15, -0.1) is 0 Å². The van der Waals surface area contributed by atoms with Crippen molar-refractivity contribution in [1.82, 2.24) is 9.97 Å². The third kappa shape index (κ3) is 4.31. The maximum absolute atomic E-state index is 11.0. The van der Waals surface area contributed by atoms with Crippen LogP contribution in [0.25, 0.3) is 11.4 Å². The van der Waals surface area contributed by atoms with Crippen LogP contribution in [0, 0.1) is 0 Å². The summed E-state index contributed by atoms with van der Waals surface area (Å²) in [5.41, 5.74) is 6.74. The highest BCUT2D eigenvalue weighted by molar-refractivity contribution is 7.84. The summed E-state index contributed by atoms with van der Waals surface area (Å²) in [6.45, 7) is 0.713. The Morgan fingerprint density at radius 3 is 2.70 bits per heavy atom. The van der Waals surface area contributed by atoms with Crippen LogP contribution in [0.15, 0.2) is 36.4 Å². The Morgan fingerprint density at radius 2 is 2.00 bits per heavy atom. The number of anilines is 2. The lowest BCUT2D eigenvalue weighted by molar-refractivity contribution is 0.685. The van der Waals surface area contributed by atoms with Crippen LogP contribution in [-0.2, 0) is 10.8 Å². The maximum atomic E-state index is 11.0. The molecule has 1 aromatic heterocycles. The number of nitrogen functional groups attached to an aromatic ring is 1. The molecule has 0 aliphatic heterocycles. The second kappa shape index (κ2) is 7.00. The predicted molar refractivity (Wildman–Crippen MR) is 83.9 cm³/mol. The molecule has 3 N–H and O–H groups in total. The first kappa shape index (κ1) is 14.5. The van der Waals surface area contributed by atoms with Gasteiger partial charge in [0, 0.05) is 41.0 Å². The second-order valence-corrected chi connectivity index (χ2v) is 5.98. The normalized spacial score (nSPS) is 12.1. The first-order chi connectivity index (χ1) is 9.65. The standard InChI is InChI=1S/C14H18N4OS/c1-20(19)9-5-8-16-13-10-12(15)17-14(18-13)11-6-3-2-4-7-11/h2-4,6-7,10H,5,8-9H2,1H3,(H3,15,16,17,18). The number of aromatic nitrogens is 2. The van der Waals surface area contributed by atoms with Gasteiger partial charge in [0.2, 0.25) is 0 Å². The van der Waals surface area contributed by atoms with Crippen molar-refractivity contribution in [3.63, 3.8) is 0 Å². The van der Waals surface area contributed by atoms with Gasteiger partial charge in [-0.25, -0.2) is 9.97 Å². The molecule has 1 heterocycles. The van der Waals surface area contributed by atoms with Crippen LogP contribution in [0.5, 0.6) is 0 Å².